The molecule has 2 rings (SSSR count). The highest BCUT2D eigenvalue weighted by atomic mass is 32.2. The number of benzene rings is 1. The van der Waals surface area contributed by atoms with Gasteiger partial charge in [0, 0.05) is 38.3 Å². The maximum absolute atomic E-state index is 12.7. The lowest BCUT2D eigenvalue weighted by molar-refractivity contribution is -0.134. The Hall–Kier alpha value is -2.92. The molecule has 1 atom stereocenters. The molecule has 0 aromatic heterocycles. The van der Waals surface area contributed by atoms with Gasteiger partial charge in [0.1, 0.15) is 0 Å². The maximum Gasteiger partial charge on any atom is 0.328 e. The van der Waals surface area contributed by atoms with Crippen molar-refractivity contribution >= 4 is 27.8 Å². The number of rotatable bonds is 9. The maximum atomic E-state index is 12.7. The second-order valence-electron chi connectivity index (χ2n) is 7.48. The first kappa shape index (κ1) is 28.1. The predicted octanol–water partition coefficient (Wildman–Crippen LogP) is 1.61. The molecule has 1 saturated heterocycles. The molecular formula is C22H33N3O7S. The second-order valence-corrected chi connectivity index (χ2v) is 9.71. The molecule has 11 heteroatoms. The zero-order chi connectivity index (χ0) is 25.0. The number of aliphatic carboxylic acids is 2. The summed E-state index contributed by atoms with van der Waals surface area (Å²) in [6.45, 7) is 10.1. The Morgan fingerprint density at radius 1 is 1.09 bits per heavy atom. The number of nitrogens with zero attached hydrogens (tertiary/aromatic N) is 2. The molecular weight excluding hydrogens is 450 g/mol. The van der Waals surface area contributed by atoms with Gasteiger partial charge in [-0.2, -0.15) is 0 Å². The zero-order valence-electron chi connectivity index (χ0n) is 19.2. The number of urea groups is 1. The van der Waals surface area contributed by atoms with Crippen molar-refractivity contribution in [1.82, 2.24) is 15.1 Å². The van der Waals surface area contributed by atoms with Crippen LogP contribution in [0.4, 0.5) is 4.79 Å². The van der Waals surface area contributed by atoms with Gasteiger partial charge in [0.05, 0.1) is 10.1 Å². The van der Waals surface area contributed by atoms with E-state index in [4.69, 9.17) is 10.2 Å². The summed E-state index contributed by atoms with van der Waals surface area (Å²) >= 11 is 0. The fourth-order valence-electron chi connectivity index (χ4n) is 3.20. The topological polar surface area (TPSA) is 144 Å². The van der Waals surface area contributed by atoms with Crippen LogP contribution in [-0.2, 0) is 19.4 Å². The molecule has 10 nitrogen and oxygen atoms in total. The van der Waals surface area contributed by atoms with Crippen LogP contribution in [-0.4, -0.2) is 90.9 Å². The van der Waals surface area contributed by atoms with Gasteiger partial charge in [0.15, 0.2) is 9.84 Å². The molecule has 0 spiro atoms. The summed E-state index contributed by atoms with van der Waals surface area (Å²) in [5.74, 6) is -2.51. The van der Waals surface area contributed by atoms with E-state index in [2.05, 4.69) is 24.1 Å². The molecule has 33 heavy (non-hydrogen) atoms. The van der Waals surface area contributed by atoms with Crippen molar-refractivity contribution in [2.24, 2.45) is 0 Å². The van der Waals surface area contributed by atoms with E-state index in [1.807, 2.05) is 6.92 Å². The van der Waals surface area contributed by atoms with Crippen molar-refractivity contribution in [3.8, 4) is 0 Å². The van der Waals surface area contributed by atoms with E-state index >= 15 is 0 Å². The van der Waals surface area contributed by atoms with Gasteiger partial charge < -0.3 is 25.3 Å². The van der Waals surface area contributed by atoms with Crippen molar-refractivity contribution in [3.05, 3.63) is 42.0 Å². The molecule has 3 N–H and O–H groups in total. The predicted molar refractivity (Wildman–Crippen MR) is 124 cm³/mol. The van der Waals surface area contributed by atoms with Crippen LogP contribution in [0, 0.1) is 6.92 Å². The Bertz CT molecular complexity index is 910. The first-order chi connectivity index (χ1) is 15.5. The number of amides is 2. The number of likely N-dealkylation sites (N-methyl/N-ethyl adjacent to an activating group) is 1. The molecule has 184 valence electrons. The lowest BCUT2D eigenvalue weighted by Gasteiger charge is -2.21. The monoisotopic (exact) mass is 483 g/mol. The molecule has 0 bridgehead atoms. The molecule has 1 aromatic rings. The van der Waals surface area contributed by atoms with Crippen molar-refractivity contribution in [2.75, 3.05) is 39.3 Å². The summed E-state index contributed by atoms with van der Waals surface area (Å²) in [5, 5.41) is 18.0. The van der Waals surface area contributed by atoms with E-state index in [9.17, 15) is 22.8 Å². The highest BCUT2D eigenvalue weighted by Crippen LogP contribution is 2.24. The van der Waals surface area contributed by atoms with Gasteiger partial charge >= 0.3 is 18.0 Å². The molecule has 1 unspecified atom stereocenters. The van der Waals surface area contributed by atoms with Crippen molar-refractivity contribution < 1.29 is 33.0 Å². The number of carboxylic acid groups (broad SMARTS) is 2. The van der Waals surface area contributed by atoms with Crippen molar-refractivity contribution in [2.45, 2.75) is 37.3 Å². The molecule has 2 amide bonds. The van der Waals surface area contributed by atoms with E-state index in [0.29, 0.717) is 36.6 Å². The molecule has 1 aliphatic heterocycles. The average molecular weight is 484 g/mol. The van der Waals surface area contributed by atoms with Gasteiger partial charge in [-0.25, -0.2) is 22.8 Å². The quantitative estimate of drug-likeness (QED) is 0.449. The molecule has 0 radical (unpaired) electrons. The number of aryl methyl sites for hydroxylation is 1. The summed E-state index contributed by atoms with van der Waals surface area (Å²) in [5.41, 5.74) is 1.03. The van der Waals surface area contributed by atoms with Crippen LogP contribution in [0.2, 0.25) is 0 Å². The fourth-order valence-corrected chi connectivity index (χ4v) is 4.89. The number of nitrogens with one attached hydrogen (secondary N) is 1. The second kappa shape index (κ2) is 13.6. The number of sulfone groups is 1. The highest BCUT2D eigenvalue weighted by molar-refractivity contribution is 7.92. The Kier molecular flexibility index (Phi) is 11.6. The molecule has 1 aliphatic rings. The minimum absolute atomic E-state index is 0.172. The summed E-state index contributed by atoms with van der Waals surface area (Å²) < 4.78 is 25.5. The summed E-state index contributed by atoms with van der Waals surface area (Å²) in [6, 6.07) is 6.74. The highest BCUT2D eigenvalue weighted by Gasteiger charge is 2.36. The molecule has 1 fully saturated rings. The Balaban J connectivity index is 0.000000582. The number of hydrogen-bond acceptors (Lipinski definition) is 6. The van der Waals surface area contributed by atoms with Crippen LogP contribution < -0.4 is 5.32 Å². The standard InChI is InChI=1S/C18H29N3O3S.C4H4O4/c1-4-20(5-2)13-11-19-18(22)21-12-10-17(14-21)25(23,24)16-8-6-15(3)7-9-16;5-3(6)1-2-4(7)8/h6-9,17H,4-5,10-14H2,1-3H3,(H,19,22);1-2H,(H,5,6)(H,7,8)/b;2-1+. The van der Waals surface area contributed by atoms with Gasteiger partial charge in [-0.05, 0) is 38.6 Å². The molecule has 0 saturated carbocycles. The van der Waals surface area contributed by atoms with Crippen LogP contribution in [0.3, 0.4) is 0 Å². The number of carbonyl (C=O) groups is 3. The van der Waals surface area contributed by atoms with E-state index in [1.54, 1.807) is 29.2 Å². The lowest BCUT2D eigenvalue weighted by atomic mass is 10.2. The zero-order valence-corrected chi connectivity index (χ0v) is 20.0. The fraction of sp³-hybridized carbons (Fsp3) is 0.500. The largest absolute Gasteiger partial charge is 0.478 e. The number of carbonyl (C=O) groups excluding carboxylic acids is 1. The number of hydrogen-bond donors (Lipinski definition) is 3. The minimum Gasteiger partial charge on any atom is -0.478 e. The van der Waals surface area contributed by atoms with Crippen LogP contribution in [0.15, 0.2) is 41.3 Å². The first-order valence-corrected chi connectivity index (χ1v) is 12.3. The summed E-state index contributed by atoms with van der Waals surface area (Å²) in [6.07, 6.45) is 1.60. The third-order valence-corrected chi connectivity index (χ3v) is 7.38. The third-order valence-electron chi connectivity index (χ3n) is 5.19. The third kappa shape index (κ3) is 9.62. The molecule has 0 aliphatic carbocycles. The SMILES string of the molecule is CCN(CC)CCNC(=O)N1CCC(S(=O)(=O)c2ccc(C)cc2)C1.O=C(O)/C=C/C(=O)O. The van der Waals surface area contributed by atoms with Crippen molar-refractivity contribution in [3.63, 3.8) is 0 Å². The smallest absolute Gasteiger partial charge is 0.328 e. The Morgan fingerprint density at radius 2 is 1.64 bits per heavy atom. The average Bonchev–Trinajstić information content (AvgIpc) is 3.27. The minimum atomic E-state index is -3.39. The van der Waals surface area contributed by atoms with Crippen LogP contribution in [0.5, 0.6) is 0 Å². The van der Waals surface area contributed by atoms with Crippen molar-refractivity contribution in [1.29, 1.82) is 0 Å². The van der Waals surface area contributed by atoms with Gasteiger partial charge in [-0.1, -0.05) is 31.5 Å². The van der Waals surface area contributed by atoms with Crippen LogP contribution in [0.1, 0.15) is 25.8 Å². The van der Waals surface area contributed by atoms with E-state index in [-0.39, 0.29) is 12.6 Å². The summed E-state index contributed by atoms with van der Waals surface area (Å²) in [4.78, 5) is 35.5. The Labute approximate surface area is 194 Å². The Morgan fingerprint density at radius 3 is 2.12 bits per heavy atom. The van der Waals surface area contributed by atoms with Gasteiger partial charge in [0.2, 0.25) is 0 Å². The first-order valence-electron chi connectivity index (χ1n) is 10.7. The number of carboxylic acids is 2. The molecule has 1 aromatic carbocycles. The van der Waals surface area contributed by atoms with Gasteiger partial charge in [-0.3, -0.25) is 0 Å². The lowest BCUT2D eigenvalue weighted by Crippen LogP contribution is -2.42. The van der Waals surface area contributed by atoms with Crippen LogP contribution >= 0.6 is 0 Å². The van der Waals surface area contributed by atoms with E-state index in [1.165, 1.54) is 0 Å². The number of likely N-dealkylation sites (tertiary alicyclic amines) is 1. The van der Waals surface area contributed by atoms with E-state index < -0.39 is 27.0 Å². The van der Waals surface area contributed by atoms with E-state index in [0.717, 1.165) is 25.2 Å². The van der Waals surface area contributed by atoms with Gasteiger partial charge in [0.25, 0.3) is 0 Å². The van der Waals surface area contributed by atoms with Crippen LogP contribution in [0.25, 0.3) is 0 Å². The normalized spacial score (nSPS) is 15.9. The molecule has 1 heterocycles. The summed E-state index contributed by atoms with van der Waals surface area (Å²) in [7, 11) is -3.39. The van der Waals surface area contributed by atoms with Gasteiger partial charge in [-0.15, -0.1) is 0 Å².